The van der Waals surface area contributed by atoms with E-state index in [0.717, 1.165) is 24.4 Å². The molecule has 1 unspecified atom stereocenters. The third-order valence-electron chi connectivity index (χ3n) is 3.29. The number of carbonyl (C=O) groups excluding carboxylic acids is 1. The molecule has 2 aromatic rings. The van der Waals surface area contributed by atoms with E-state index in [4.69, 9.17) is 11.6 Å². The van der Waals surface area contributed by atoms with E-state index in [2.05, 4.69) is 15.5 Å². The molecular weight excluding hydrogens is 264 g/mol. The van der Waals surface area contributed by atoms with Crippen molar-refractivity contribution < 1.29 is 4.79 Å². The van der Waals surface area contributed by atoms with Gasteiger partial charge in [-0.15, -0.1) is 10.2 Å². The van der Waals surface area contributed by atoms with Crippen molar-refractivity contribution in [3.05, 3.63) is 41.4 Å². The summed E-state index contributed by atoms with van der Waals surface area (Å²) in [4.78, 5) is 12.2. The molecular formula is C13H13ClN4O. The van der Waals surface area contributed by atoms with Gasteiger partial charge in [-0.25, -0.2) is 0 Å². The smallest absolute Gasteiger partial charge is 0.229 e. The highest BCUT2D eigenvalue weighted by Gasteiger charge is 2.25. The molecule has 1 N–H and O–H groups in total. The van der Waals surface area contributed by atoms with Gasteiger partial charge in [0, 0.05) is 23.7 Å². The van der Waals surface area contributed by atoms with Gasteiger partial charge in [-0.1, -0.05) is 17.7 Å². The fourth-order valence-electron chi connectivity index (χ4n) is 2.28. The summed E-state index contributed by atoms with van der Waals surface area (Å²) in [5.41, 5.74) is 0.729. The molecule has 1 atom stereocenters. The fourth-order valence-corrected chi connectivity index (χ4v) is 2.47. The number of hydrogen-bond acceptors (Lipinski definition) is 3. The molecule has 1 aromatic carbocycles. The highest BCUT2D eigenvalue weighted by Crippen LogP contribution is 2.21. The Kier molecular flexibility index (Phi) is 3.21. The minimum atomic E-state index is -0.0533. The van der Waals surface area contributed by atoms with Gasteiger partial charge in [0.1, 0.15) is 12.2 Å². The average molecular weight is 277 g/mol. The van der Waals surface area contributed by atoms with E-state index in [-0.39, 0.29) is 11.8 Å². The van der Waals surface area contributed by atoms with Crippen LogP contribution in [-0.2, 0) is 17.8 Å². The SMILES string of the molecule is O=C(Nc1cccc(Cl)c1)C1CCc2nncn2C1. The lowest BCUT2D eigenvalue weighted by Crippen LogP contribution is -2.31. The molecule has 98 valence electrons. The number of aromatic nitrogens is 3. The van der Waals surface area contributed by atoms with Gasteiger partial charge in [0.25, 0.3) is 0 Å². The number of nitrogens with zero attached hydrogens (tertiary/aromatic N) is 3. The first-order chi connectivity index (χ1) is 9.22. The Morgan fingerprint density at radius 1 is 1.47 bits per heavy atom. The summed E-state index contributed by atoms with van der Waals surface area (Å²) >= 11 is 5.89. The zero-order valence-corrected chi connectivity index (χ0v) is 11.0. The van der Waals surface area contributed by atoms with Crippen LogP contribution in [0.2, 0.25) is 5.02 Å². The number of halogens is 1. The van der Waals surface area contributed by atoms with E-state index in [1.807, 2.05) is 16.7 Å². The predicted molar refractivity (Wildman–Crippen MR) is 71.9 cm³/mol. The maximum atomic E-state index is 12.2. The number of hydrogen-bond donors (Lipinski definition) is 1. The van der Waals surface area contributed by atoms with Crippen LogP contribution in [0, 0.1) is 5.92 Å². The van der Waals surface area contributed by atoms with E-state index in [1.165, 1.54) is 0 Å². The van der Waals surface area contributed by atoms with Crippen molar-refractivity contribution in [2.45, 2.75) is 19.4 Å². The standard InChI is InChI=1S/C13H13ClN4O/c14-10-2-1-3-11(6-10)16-13(19)9-4-5-12-17-15-8-18(12)7-9/h1-3,6,8-9H,4-5,7H2,(H,16,19). The molecule has 5 nitrogen and oxygen atoms in total. The molecule has 0 saturated carbocycles. The Labute approximate surface area is 115 Å². The maximum Gasteiger partial charge on any atom is 0.229 e. The second kappa shape index (κ2) is 5.01. The number of benzene rings is 1. The maximum absolute atomic E-state index is 12.2. The molecule has 0 aliphatic carbocycles. The molecule has 0 bridgehead atoms. The Bertz CT molecular complexity index is 610. The monoisotopic (exact) mass is 276 g/mol. The van der Waals surface area contributed by atoms with Crippen LogP contribution in [0.1, 0.15) is 12.2 Å². The molecule has 2 heterocycles. The quantitative estimate of drug-likeness (QED) is 0.914. The molecule has 3 rings (SSSR count). The van der Waals surface area contributed by atoms with Crippen LogP contribution in [0.4, 0.5) is 5.69 Å². The van der Waals surface area contributed by atoms with Crippen molar-refractivity contribution in [3.8, 4) is 0 Å². The number of amides is 1. The molecule has 0 fully saturated rings. The second-order valence-electron chi connectivity index (χ2n) is 4.63. The molecule has 0 saturated heterocycles. The molecule has 1 amide bonds. The summed E-state index contributed by atoms with van der Waals surface area (Å²) in [6, 6.07) is 7.17. The zero-order chi connectivity index (χ0) is 13.2. The number of carbonyl (C=O) groups is 1. The summed E-state index contributed by atoms with van der Waals surface area (Å²) < 4.78 is 1.94. The number of aryl methyl sites for hydroxylation is 1. The van der Waals surface area contributed by atoms with Crippen LogP contribution in [0.15, 0.2) is 30.6 Å². The fraction of sp³-hybridized carbons (Fsp3) is 0.308. The summed E-state index contributed by atoms with van der Waals surface area (Å²) in [7, 11) is 0. The summed E-state index contributed by atoms with van der Waals surface area (Å²) in [6.45, 7) is 0.634. The van der Waals surface area contributed by atoms with Gasteiger partial charge < -0.3 is 9.88 Å². The average Bonchev–Trinajstić information content (AvgIpc) is 2.85. The van der Waals surface area contributed by atoms with Crippen molar-refractivity contribution in [2.75, 3.05) is 5.32 Å². The Hall–Kier alpha value is -1.88. The van der Waals surface area contributed by atoms with Gasteiger partial charge in [-0.3, -0.25) is 4.79 Å². The molecule has 0 radical (unpaired) electrons. The van der Waals surface area contributed by atoms with Crippen molar-refractivity contribution in [3.63, 3.8) is 0 Å². The minimum absolute atomic E-state index is 0.0154. The van der Waals surface area contributed by atoms with Crippen molar-refractivity contribution >= 4 is 23.2 Å². The Morgan fingerprint density at radius 3 is 3.21 bits per heavy atom. The van der Waals surface area contributed by atoms with Crippen LogP contribution in [0.25, 0.3) is 0 Å². The summed E-state index contributed by atoms with van der Waals surface area (Å²) in [5.74, 6) is 0.913. The van der Waals surface area contributed by atoms with Crippen LogP contribution < -0.4 is 5.32 Å². The van der Waals surface area contributed by atoms with Gasteiger partial charge in [-0.05, 0) is 24.6 Å². The van der Waals surface area contributed by atoms with Crippen molar-refractivity contribution in [1.29, 1.82) is 0 Å². The topological polar surface area (TPSA) is 59.8 Å². The van der Waals surface area contributed by atoms with Crippen molar-refractivity contribution in [1.82, 2.24) is 14.8 Å². The number of anilines is 1. The lowest BCUT2D eigenvalue weighted by Gasteiger charge is -2.22. The second-order valence-corrected chi connectivity index (χ2v) is 5.07. The van der Waals surface area contributed by atoms with Crippen LogP contribution >= 0.6 is 11.6 Å². The van der Waals surface area contributed by atoms with Gasteiger partial charge >= 0.3 is 0 Å². The molecule has 19 heavy (non-hydrogen) atoms. The van der Waals surface area contributed by atoms with Crippen LogP contribution in [0.5, 0.6) is 0 Å². The predicted octanol–water partition coefficient (Wildman–Crippen LogP) is 2.13. The van der Waals surface area contributed by atoms with Gasteiger partial charge in [-0.2, -0.15) is 0 Å². The van der Waals surface area contributed by atoms with Gasteiger partial charge in [0.05, 0.1) is 5.92 Å². The van der Waals surface area contributed by atoms with E-state index in [1.54, 1.807) is 18.5 Å². The third kappa shape index (κ3) is 2.61. The molecule has 1 aromatic heterocycles. The zero-order valence-electron chi connectivity index (χ0n) is 10.2. The summed E-state index contributed by atoms with van der Waals surface area (Å²) in [6.07, 6.45) is 3.26. The first-order valence-electron chi connectivity index (χ1n) is 6.15. The molecule has 0 spiro atoms. The lowest BCUT2D eigenvalue weighted by molar-refractivity contribution is -0.120. The van der Waals surface area contributed by atoms with E-state index in [9.17, 15) is 4.79 Å². The largest absolute Gasteiger partial charge is 0.326 e. The highest BCUT2D eigenvalue weighted by atomic mass is 35.5. The molecule has 1 aliphatic rings. The van der Waals surface area contributed by atoms with E-state index in [0.29, 0.717) is 11.6 Å². The third-order valence-corrected chi connectivity index (χ3v) is 3.53. The van der Waals surface area contributed by atoms with E-state index >= 15 is 0 Å². The van der Waals surface area contributed by atoms with E-state index < -0.39 is 0 Å². The first-order valence-corrected chi connectivity index (χ1v) is 6.53. The highest BCUT2D eigenvalue weighted by molar-refractivity contribution is 6.30. The first kappa shape index (κ1) is 12.2. The summed E-state index contributed by atoms with van der Waals surface area (Å²) in [5, 5.41) is 11.4. The lowest BCUT2D eigenvalue weighted by atomic mass is 9.98. The molecule has 6 heteroatoms. The minimum Gasteiger partial charge on any atom is -0.326 e. The van der Waals surface area contributed by atoms with Gasteiger partial charge in [0.15, 0.2) is 0 Å². The Morgan fingerprint density at radius 2 is 2.37 bits per heavy atom. The van der Waals surface area contributed by atoms with Crippen LogP contribution in [0.3, 0.4) is 0 Å². The number of fused-ring (bicyclic) bond motifs is 1. The number of nitrogens with one attached hydrogen (secondary N) is 1. The number of rotatable bonds is 2. The van der Waals surface area contributed by atoms with Crippen molar-refractivity contribution in [2.24, 2.45) is 5.92 Å². The normalized spacial score (nSPS) is 17.8. The Balaban J connectivity index is 1.69. The molecule has 1 aliphatic heterocycles. The van der Waals surface area contributed by atoms with Crippen LogP contribution in [-0.4, -0.2) is 20.7 Å². The van der Waals surface area contributed by atoms with Gasteiger partial charge in [0.2, 0.25) is 5.91 Å².